The molecule has 0 aromatic heterocycles. The Labute approximate surface area is 177 Å². The fourth-order valence-electron chi connectivity index (χ4n) is 2.94. The van der Waals surface area contributed by atoms with Gasteiger partial charge >= 0.3 is 6.18 Å². The van der Waals surface area contributed by atoms with E-state index in [0.717, 1.165) is 31.0 Å². The van der Waals surface area contributed by atoms with Crippen LogP contribution in [0.5, 0.6) is 0 Å². The normalized spacial score (nSPS) is 15.7. The summed E-state index contributed by atoms with van der Waals surface area (Å²) in [5.41, 5.74) is 0.786. The molecule has 0 aliphatic carbocycles. The molecule has 8 nitrogen and oxygen atoms in total. The van der Waals surface area contributed by atoms with Crippen molar-refractivity contribution in [3.8, 4) is 0 Å². The molecule has 0 saturated carbocycles. The summed E-state index contributed by atoms with van der Waals surface area (Å²) in [6, 6.07) is 7.80. The van der Waals surface area contributed by atoms with Crippen LogP contribution in [0.1, 0.15) is 28.8 Å². The molecule has 13 heteroatoms. The molecule has 1 fully saturated rings. The number of sulfonamides is 2. The Morgan fingerprint density at radius 1 is 0.903 bits per heavy atom. The number of halogens is 3. The lowest BCUT2D eigenvalue weighted by atomic mass is 10.2. The quantitative estimate of drug-likeness (QED) is 0.619. The molecular weight excluding hydrogens is 459 g/mol. The third kappa shape index (κ3) is 5.23. The number of nitrogens with zero attached hydrogens (tertiary/aromatic N) is 1. The van der Waals surface area contributed by atoms with Gasteiger partial charge in [-0.15, -0.1) is 4.83 Å². The molecule has 0 radical (unpaired) electrons. The van der Waals surface area contributed by atoms with Gasteiger partial charge in [-0.05, 0) is 55.3 Å². The fourth-order valence-corrected chi connectivity index (χ4v) is 5.35. The van der Waals surface area contributed by atoms with Crippen LogP contribution in [-0.4, -0.2) is 40.1 Å². The van der Waals surface area contributed by atoms with Gasteiger partial charge in [0.2, 0.25) is 10.0 Å². The maximum atomic E-state index is 12.6. The predicted molar refractivity (Wildman–Crippen MR) is 104 cm³/mol. The number of benzene rings is 2. The average Bonchev–Trinajstić information content (AvgIpc) is 3.27. The van der Waals surface area contributed by atoms with E-state index in [0.29, 0.717) is 25.2 Å². The summed E-state index contributed by atoms with van der Waals surface area (Å²) in [6.07, 6.45) is -3.14. The van der Waals surface area contributed by atoms with Gasteiger partial charge in [-0.2, -0.15) is 17.5 Å². The van der Waals surface area contributed by atoms with E-state index >= 15 is 0 Å². The minimum atomic E-state index is -4.62. The maximum Gasteiger partial charge on any atom is 0.416 e. The molecule has 0 bridgehead atoms. The smallest absolute Gasteiger partial charge is 0.273 e. The van der Waals surface area contributed by atoms with Crippen molar-refractivity contribution in [1.29, 1.82) is 0 Å². The molecule has 168 valence electrons. The van der Waals surface area contributed by atoms with E-state index in [1.807, 2.05) is 5.43 Å². The van der Waals surface area contributed by atoms with Crippen LogP contribution >= 0.6 is 0 Å². The number of rotatable bonds is 6. The van der Waals surface area contributed by atoms with Crippen LogP contribution in [0.2, 0.25) is 0 Å². The number of hydrazine groups is 1. The molecule has 2 aromatic rings. The summed E-state index contributed by atoms with van der Waals surface area (Å²) in [5.74, 6) is -0.936. The van der Waals surface area contributed by atoms with Crippen LogP contribution in [0.15, 0.2) is 58.3 Å². The van der Waals surface area contributed by atoms with Crippen molar-refractivity contribution in [1.82, 2.24) is 14.6 Å². The zero-order chi connectivity index (χ0) is 22.9. The first-order valence-electron chi connectivity index (χ1n) is 9.01. The van der Waals surface area contributed by atoms with Crippen LogP contribution in [0, 0.1) is 0 Å². The average molecular weight is 477 g/mol. The summed E-state index contributed by atoms with van der Waals surface area (Å²) >= 11 is 0. The number of carbonyl (C=O) groups is 1. The molecule has 2 aromatic carbocycles. The first-order valence-corrected chi connectivity index (χ1v) is 11.9. The number of amides is 1. The van der Waals surface area contributed by atoms with Crippen LogP contribution in [0.25, 0.3) is 0 Å². The van der Waals surface area contributed by atoms with Gasteiger partial charge in [0.25, 0.3) is 15.9 Å². The number of alkyl halides is 3. The van der Waals surface area contributed by atoms with Gasteiger partial charge in [0.05, 0.1) is 15.4 Å². The summed E-state index contributed by atoms with van der Waals surface area (Å²) in [5, 5.41) is 0. The first-order chi connectivity index (χ1) is 14.4. The highest BCUT2D eigenvalue weighted by Gasteiger charge is 2.31. The van der Waals surface area contributed by atoms with Crippen molar-refractivity contribution in [2.75, 3.05) is 13.1 Å². The Morgan fingerprint density at radius 3 is 2.10 bits per heavy atom. The molecule has 2 N–H and O–H groups in total. The number of hydrogen-bond donors (Lipinski definition) is 2. The molecule has 1 aliphatic rings. The third-order valence-corrected chi connectivity index (χ3v) is 7.75. The number of carbonyl (C=O) groups excluding carboxylic acids is 1. The first kappa shape index (κ1) is 23.2. The van der Waals surface area contributed by atoms with Crippen LogP contribution in [0.4, 0.5) is 13.2 Å². The zero-order valence-corrected chi connectivity index (χ0v) is 17.5. The monoisotopic (exact) mass is 477 g/mol. The van der Waals surface area contributed by atoms with E-state index < -0.39 is 42.6 Å². The van der Waals surface area contributed by atoms with Crippen LogP contribution in [-0.2, 0) is 26.2 Å². The Bertz CT molecular complexity index is 1170. The highest BCUT2D eigenvalue weighted by Crippen LogP contribution is 2.29. The topological polar surface area (TPSA) is 113 Å². The molecule has 0 spiro atoms. The lowest BCUT2D eigenvalue weighted by Gasteiger charge is -2.16. The predicted octanol–water partition coefficient (Wildman–Crippen LogP) is 2.11. The Balaban J connectivity index is 1.72. The summed E-state index contributed by atoms with van der Waals surface area (Å²) in [4.78, 5) is 13.5. The largest absolute Gasteiger partial charge is 0.416 e. The number of nitrogens with one attached hydrogen (secondary N) is 2. The third-order valence-electron chi connectivity index (χ3n) is 4.59. The van der Waals surface area contributed by atoms with Crippen molar-refractivity contribution in [2.45, 2.75) is 28.8 Å². The lowest BCUT2D eigenvalue weighted by Crippen LogP contribution is -2.41. The van der Waals surface area contributed by atoms with Gasteiger partial charge < -0.3 is 0 Å². The highest BCUT2D eigenvalue weighted by molar-refractivity contribution is 7.89. The second-order valence-corrected chi connectivity index (χ2v) is 10.3. The maximum absolute atomic E-state index is 12.6. The van der Waals surface area contributed by atoms with E-state index in [4.69, 9.17) is 0 Å². The molecule has 1 amide bonds. The van der Waals surface area contributed by atoms with E-state index in [-0.39, 0.29) is 10.5 Å². The Morgan fingerprint density at radius 2 is 1.52 bits per heavy atom. The summed E-state index contributed by atoms with van der Waals surface area (Å²) in [7, 11) is -8.13. The molecule has 1 aliphatic heterocycles. The molecule has 1 saturated heterocycles. The second kappa shape index (κ2) is 8.57. The fraction of sp³-hybridized carbons (Fsp3) is 0.278. The van der Waals surface area contributed by atoms with Crippen molar-refractivity contribution in [3.63, 3.8) is 0 Å². The van der Waals surface area contributed by atoms with Gasteiger partial charge in [-0.1, -0.05) is 6.07 Å². The number of hydrogen-bond acceptors (Lipinski definition) is 5. The Hall–Kier alpha value is -2.48. The van der Waals surface area contributed by atoms with E-state index in [2.05, 4.69) is 0 Å². The Kier molecular flexibility index (Phi) is 6.41. The molecule has 31 heavy (non-hydrogen) atoms. The van der Waals surface area contributed by atoms with Crippen molar-refractivity contribution >= 4 is 26.0 Å². The van der Waals surface area contributed by atoms with Gasteiger partial charge in [-0.25, -0.2) is 16.8 Å². The molecule has 0 unspecified atom stereocenters. The van der Waals surface area contributed by atoms with Crippen molar-refractivity contribution < 1.29 is 34.8 Å². The van der Waals surface area contributed by atoms with Gasteiger partial charge in [0.1, 0.15) is 0 Å². The summed E-state index contributed by atoms with van der Waals surface area (Å²) < 4.78 is 88.8. The van der Waals surface area contributed by atoms with Gasteiger partial charge in [0, 0.05) is 18.7 Å². The van der Waals surface area contributed by atoms with Crippen molar-refractivity contribution in [3.05, 3.63) is 59.7 Å². The lowest BCUT2D eigenvalue weighted by molar-refractivity contribution is -0.137. The van der Waals surface area contributed by atoms with Crippen LogP contribution in [0.3, 0.4) is 0 Å². The second-order valence-electron chi connectivity index (χ2n) is 6.72. The summed E-state index contributed by atoms with van der Waals surface area (Å²) in [6.45, 7) is 0.761. The standard InChI is InChI=1S/C18H18F3N3O5S2/c19-18(20,21)14-6-8-15(9-7-14)30(26,27)23-22-17(25)13-4-3-5-16(12-13)31(28,29)24-10-1-2-11-24/h3-9,12,23H,1-2,10-11H2,(H,22,25). The minimum Gasteiger partial charge on any atom is -0.273 e. The van der Waals surface area contributed by atoms with E-state index in [1.54, 1.807) is 4.83 Å². The molecule has 3 rings (SSSR count). The minimum absolute atomic E-state index is 0.104. The van der Waals surface area contributed by atoms with Crippen LogP contribution < -0.4 is 10.3 Å². The zero-order valence-electron chi connectivity index (χ0n) is 15.9. The van der Waals surface area contributed by atoms with Crippen molar-refractivity contribution in [2.24, 2.45) is 0 Å². The molecule has 0 atom stereocenters. The van der Waals surface area contributed by atoms with E-state index in [1.165, 1.54) is 22.5 Å². The SMILES string of the molecule is O=C(NNS(=O)(=O)c1ccc(C(F)(F)F)cc1)c1cccc(S(=O)(=O)N2CCCC2)c1. The van der Waals surface area contributed by atoms with E-state index in [9.17, 15) is 34.8 Å². The molecular formula is C18H18F3N3O5S2. The highest BCUT2D eigenvalue weighted by atomic mass is 32.2. The van der Waals surface area contributed by atoms with Gasteiger partial charge in [-0.3, -0.25) is 10.2 Å². The molecule has 1 heterocycles. The van der Waals surface area contributed by atoms with Gasteiger partial charge in [0.15, 0.2) is 0 Å².